The highest BCUT2D eigenvalue weighted by Gasteiger charge is 2.40. The quantitative estimate of drug-likeness (QED) is 0.323. The number of piperidine rings is 1. The molecular weight excluding hydrogens is 485 g/mol. The molecule has 30 heavy (non-hydrogen) atoms. The molecule has 3 aliphatic rings. The van der Waals surface area contributed by atoms with Crippen molar-refractivity contribution in [2.75, 3.05) is 27.2 Å². The van der Waals surface area contributed by atoms with Crippen LogP contribution in [0.5, 0.6) is 0 Å². The highest BCUT2D eigenvalue weighted by Crippen LogP contribution is 2.36. The van der Waals surface area contributed by atoms with E-state index in [0.717, 1.165) is 31.6 Å². The Labute approximate surface area is 200 Å². The Morgan fingerprint density at radius 1 is 1.07 bits per heavy atom. The van der Waals surface area contributed by atoms with Crippen molar-refractivity contribution in [3.63, 3.8) is 0 Å². The highest BCUT2D eigenvalue weighted by atomic mass is 127. The zero-order valence-corrected chi connectivity index (χ0v) is 21.1. The van der Waals surface area contributed by atoms with Crippen molar-refractivity contribution in [1.82, 2.24) is 20.4 Å². The van der Waals surface area contributed by atoms with Crippen LogP contribution in [-0.4, -0.2) is 67.1 Å². The zero-order chi connectivity index (χ0) is 20.1. The van der Waals surface area contributed by atoms with Crippen molar-refractivity contribution in [2.45, 2.75) is 82.1 Å². The zero-order valence-electron chi connectivity index (χ0n) is 18.7. The maximum absolute atomic E-state index is 4.50. The number of nitrogens with one attached hydrogen (secondary N) is 2. The van der Waals surface area contributed by atoms with Crippen molar-refractivity contribution >= 4 is 29.9 Å². The summed E-state index contributed by atoms with van der Waals surface area (Å²) in [6, 6.07) is 13.7. The first-order valence-electron chi connectivity index (χ1n) is 11.7. The van der Waals surface area contributed by atoms with E-state index in [0.29, 0.717) is 18.1 Å². The van der Waals surface area contributed by atoms with E-state index in [2.05, 4.69) is 62.8 Å². The van der Waals surface area contributed by atoms with Crippen molar-refractivity contribution in [3.05, 3.63) is 35.9 Å². The first-order chi connectivity index (χ1) is 14.2. The number of likely N-dealkylation sites (N-methyl/N-ethyl adjacent to an activating group) is 1. The number of guanidine groups is 1. The van der Waals surface area contributed by atoms with Crippen molar-refractivity contribution < 1.29 is 0 Å². The number of benzene rings is 1. The predicted molar refractivity (Wildman–Crippen MR) is 137 cm³/mol. The van der Waals surface area contributed by atoms with Gasteiger partial charge in [-0.3, -0.25) is 9.89 Å². The van der Waals surface area contributed by atoms with Gasteiger partial charge < -0.3 is 15.5 Å². The highest BCUT2D eigenvalue weighted by molar-refractivity contribution is 14.0. The summed E-state index contributed by atoms with van der Waals surface area (Å²) in [6.07, 6.45) is 10.7. The molecular formula is C24H40IN5. The molecule has 0 spiro atoms. The van der Waals surface area contributed by atoms with Crippen molar-refractivity contribution in [2.24, 2.45) is 4.99 Å². The number of hydrogen-bond donors (Lipinski definition) is 2. The summed E-state index contributed by atoms with van der Waals surface area (Å²) < 4.78 is 0. The van der Waals surface area contributed by atoms with Gasteiger partial charge >= 0.3 is 0 Å². The second-order valence-electron chi connectivity index (χ2n) is 9.27. The van der Waals surface area contributed by atoms with Crippen LogP contribution in [0.3, 0.4) is 0 Å². The Morgan fingerprint density at radius 3 is 2.37 bits per heavy atom. The van der Waals surface area contributed by atoms with Crippen LogP contribution in [0.1, 0.15) is 56.9 Å². The summed E-state index contributed by atoms with van der Waals surface area (Å²) in [5.41, 5.74) is 1.44. The van der Waals surface area contributed by atoms with E-state index in [1.54, 1.807) is 0 Å². The van der Waals surface area contributed by atoms with Crippen LogP contribution >= 0.6 is 24.0 Å². The van der Waals surface area contributed by atoms with Gasteiger partial charge in [-0.1, -0.05) is 43.2 Å². The number of nitrogens with zero attached hydrogens (tertiary/aromatic N) is 3. The van der Waals surface area contributed by atoms with E-state index in [9.17, 15) is 0 Å². The molecule has 6 heteroatoms. The van der Waals surface area contributed by atoms with Crippen LogP contribution in [0.15, 0.2) is 35.3 Å². The Morgan fingerprint density at radius 2 is 1.73 bits per heavy atom. The van der Waals surface area contributed by atoms with E-state index in [4.69, 9.17) is 0 Å². The largest absolute Gasteiger partial charge is 0.355 e. The summed E-state index contributed by atoms with van der Waals surface area (Å²) in [6.45, 7) is 3.15. The molecule has 0 aromatic heterocycles. The van der Waals surface area contributed by atoms with E-state index in [1.165, 1.54) is 56.9 Å². The minimum atomic E-state index is 0. The summed E-state index contributed by atoms with van der Waals surface area (Å²) >= 11 is 0. The second kappa shape index (κ2) is 11.7. The van der Waals surface area contributed by atoms with Gasteiger partial charge in [0, 0.05) is 50.8 Å². The SMILES string of the molecule is CN=C(NCCN(C)C1CCCC1)NC1CC2CCC(C1)N2Cc1ccccc1.I. The van der Waals surface area contributed by atoms with Gasteiger partial charge in [0.15, 0.2) is 5.96 Å². The topological polar surface area (TPSA) is 42.9 Å². The molecule has 168 valence electrons. The Hall–Kier alpha value is -0.860. The summed E-state index contributed by atoms with van der Waals surface area (Å²) in [5, 5.41) is 7.28. The molecule has 2 atom stereocenters. The summed E-state index contributed by atoms with van der Waals surface area (Å²) in [7, 11) is 4.17. The number of halogens is 1. The Kier molecular flexibility index (Phi) is 9.26. The van der Waals surface area contributed by atoms with E-state index in [-0.39, 0.29) is 24.0 Å². The first kappa shape index (κ1) is 23.8. The molecule has 3 fully saturated rings. The van der Waals surface area contributed by atoms with Crippen molar-refractivity contribution in [3.8, 4) is 0 Å². The third-order valence-corrected chi connectivity index (χ3v) is 7.36. The van der Waals surface area contributed by atoms with Gasteiger partial charge in [0.25, 0.3) is 0 Å². The van der Waals surface area contributed by atoms with Crippen molar-refractivity contribution in [1.29, 1.82) is 0 Å². The van der Waals surface area contributed by atoms with Crippen LogP contribution in [0.4, 0.5) is 0 Å². The molecule has 2 heterocycles. The number of aliphatic imine (C=N–C) groups is 1. The molecule has 2 saturated heterocycles. The van der Waals surface area contributed by atoms with Gasteiger partial charge in [-0.15, -0.1) is 24.0 Å². The van der Waals surface area contributed by atoms with Gasteiger partial charge in [-0.2, -0.15) is 0 Å². The average molecular weight is 526 g/mol. The van der Waals surface area contributed by atoms with E-state index in [1.807, 2.05) is 7.05 Å². The van der Waals surface area contributed by atoms with Gasteiger partial charge in [0.05, 0.1) is 0 Å². The molecule has 2 bridgehead atoms. The Bertz CT molecular complexity index is 647. The average Bonchev–Trinajstić information content (AvgIpc) is 3.35. The van der Waals surface area contributed by atoms with Crippen LogP contribution < -0.4 is 10.6 Å². The van der Waals surface area contributed by atoms with Gasteiger partial charge in [-0.05, 0) is 51.1 Å². The second-order valence-corrected chi connectivity index (χ2v) is 9.27. The molecule has 1 aliphatic carbocycles. The van der Waals surface area contributed by atoms with Crippen LogP contribution in [0.2, 0.25) is 0 Å². The summed E-state index contributed by atoms with van der Waals surface area (Å²) in [4.78, 5) is 9.77. The van der Waals surface area contributed by atoms with Crippen LogP contribution in [-0.2, 0) is 6.54 Å². The maximum atomic E-state index is 4.50. The molecule has 2 unspecified atom stereocenters. The van der Waals surface area contributed by atoms with Crippen LogP contribution in [0, 0.1) is 0 Å². The van der Waals surface area contributed by atoms with E-state index < -0.39 is 0 Å². The standard InChI is InChI=1S/C24H39N5.HI/c1-25-24(26-14-15-28(2)21-10-6-7-11-21)27-20-16-22-12-13-23(17-20)29(22)18-19-8-4-3-5-9-19;/h3-5,8-9,20-23H,6-7,10-18H2,1-2H3,(H2,25,26,27);1H. The van der Waals surface area contributed by atoms with Gasteiger partial charge in [0.2, 0.25) is 0 Å². The molecule has 4 rings (SSSR count). The molecule has 1 aromatic rings. The molecule has 1 aromatic carbocycles. The number of fused-ring (bicyclic) bond motifs is 2. The number of hydrogen-bond acceptors (Lipinski definition) is 3. The number of rotatable bonds is 7. The monoisotopic (exact) mass is 525 g/mol. The lowest BCUT2D eigenvalue weighted by molar-refractivity contribution is 0.114. The maximum Gasteiger partial charge on any atom is 0.191 e. The summed E-state index contributed by atoms with van der Waals surface area (Å²) in [5.74, 6) is 0.978. The van der Waals surface area contributed by atoms with E-state index >= 15 is 0 Å². The smallest absolute Gasteiger partial charge is 0.191 e. The fourth-order valence-corrected chi connectivity index (χ4v) is 5.71. The molecule has 2 N–H and O–H groups in total. The molecule has 0 radical (unpaired) electrons. The van der Waals surface area contributed by atoms with Crippen LogP contribution in [0.25, 0.3) is 0 Å². The third kappa shape index (κ3) is 6.10. The fraction of sp³-hybridized carbons (Fsp3) is 0.708. The molecule has 5 nitrogen and oxygen atoms in total. The lowest BCUT2D eigenvalue weighted by atomic mass is 9.96. The lowest BCUT2D eigenvalue weighted by Crippen LogP contribution is -2.53. The van der Waals surface area contributed by atoms with Gasteiger partial charge in [-0.25, -0.2) is 0 Å². The lowest BCUT2D eigenvalue weighted by Gasteiger charge is -2.39. The predicted octanol–water partition coefficient (Wildman–Crippen LogP) is 3.84. The normalized spacial score (nSPS) is 27.3. The minimum Gasteiger partial charge on any atom is -0.355 e. The first-order valence-corrected chi connectivity index (χ1v) is 11.7. The molecule has 0 amide bonds. The Balaban J connectivity index is 0.00000256. The molecule has 1 saturated carbocycles. The molecule has 2 aliphatic heterocycles. The minimum absolute atomic E-state index is 0. The van der Waals surface area contributed by atoms with Gasteiger partial charge in [0.1, 0.15) is 0 Å². The fourth-order valence-electron chi connectivity index (χ4n) is 5.71. The third-order valence-electron chi connectivity index (χ3n) is 7.36.